The molecule has 0 saturated carbocycles. The quantitative estimate of drug-likeness (QED) is 0.181. The third kappa shape index (κ3) is 5.15. The second-order valence-electron chi connectivity index (χ2n) is 13.2. The van der Waals surface area contributed by atoms with E-state index in [4.69, 9.17) is 18.9 Å². The number of hydrogen-bond donors (Lipinski definition) is 0. The fourth-order valence-electron chi connectivity index (χ4n) is 7.57. The molecule has 17 rings (SSSR count). The summed E-state index contributed by atoms with van der Waals surface area (Å²) < 4.78 is 24.7. The highest BCUT2D eigenvalue weighted by atomic mass is 16.5. The number of ether oxygens (including phenoxy) is 4. The maximum atomic E-state index is 6.17. The van der Waals surface area contributed by atoms with Gasteiger partial charge in [-0.05, 0) is 110 Å². The van der Waals surface area contributed by atoms with Crippen LogP contribution in [0.15, 0.2) is 170 Å². The Balaban J connectivity index is 1.25. The van der Waals surface area contributed by atoms with Crippen molar-refractivity contribution < 1.29 is 18.9 Å². The van der Waals surface area contributed by atoms with E-state index in [0.717, 1.165) is 55.6 Å². The van der Waals surface area contributed by atoms with Crippen molar-refractivity contribution in [2.24, 2.45) is 0 Å². The fraction of sp³-hybridized carbons (Fsp3) is 0.174. The van der Waals surface area contributed by atoms with Crippen molar-refractivity contribution in [1.29, 1.82) is 0 Å². The molecule has 4 nitrogen and oxygen atoms in total. The van der Waals surface area contributed by atoms with Crippen LogP contribution in [-0.4, -0.2) is 28.4 Å². The van der Waals surface area contributed by atoms with E-state index in [2.05, 4.69) is 170 Å². The number of benzene rings is 5. The van der Waals surface area contributed by atoms with Crippen molar-refractivity contribution in [3.8, 4) is 33.4 Å². The van der Waals surface area contributed by atoms with Crippen LogP contribution in [0, 0.1) is 0 Å². The molecule has 0 saturated heterocycles. The van der Waals surface area contributed by atoms with Crippen molar-refractivity contribution in [2.45, 2.75) is 22.4 Å². The van der Waals surface area contributed by atoms with E-state index >= 15 is 0 Å². The molecule has 5 aromatic carbocycles. The van der Waals surface area contributed by atoms with Crippen molar-refractivity contribution >= 4 is 0 Å². The largest absolute Gasteiger partial charge is 0.365 e. The normalized spacial score (nSPS) is 25.9. The zero-order valence-corrected chi connectivity index (χ0v) is 28.8. The van der Waals surface area contributed by atoms with Crippen LogP contribution in [0.4, 0.5) is 0 Å². The highest BCUT2D eigenvalue weighted by Gasteiger charge is 2.38. The summed E-state index contributed by atoms with van der Waals surface area (Å²) in [5.41, 5.74) is 8.12. The van der Waals surface area contributed by atoms with Crippen LogP contribution in [0.1, 0.15) is 22.3 Å². The summed E-state index contributed by atoms with van der Waals surface area (Å²) >= 11 is 0. The molecule has 0 heterocycles. The summed E-state index contributed by atoms with van der Waals surface area (Å²) in [6.07, 6.45) is 16.8. The second kappa shape index (κ2) is 12.3. The molecule has 248 valence electrons. The van der Waals surface area contributed by atoms with Gasteiger partial charge in [0, 0.05) is 28.4 Å². The van der Waals surface area contributed by atoms with Gasteiger partial charge in [-0.2, -0.15) is 0 Å². The number of rotatable bonds is 4. The van der Waals surface area contributed by atoms with Gasteiger partial charge in [-0.15, -0.1) is 0 Å². The first-order valence-corrected chi connectivity index (χ1v) is 16.9. The Morgan fingerprint density at radius 3 is 0.720 bits per heavy atom. The molecule has 0 aromatic heterocycles. The first kappa shape index (κ1) is 32.1. The minimum Gasteiger partial charge on any atom is -0.365 e. The lowest BCUT2D eigenvalue weighted by Gasteiger charge is -2.36. The van der Waals surface area contributed by atoms with Crippen molar-refractivity contribution in [3.05, 3.63) is 192 Å². The Kier molecular flexibility index (Phi) is 7.93. The molecule has 5 aromatic rings. The van der Waals surface area contributed by atoms with E-state index in [-0.39, 0.29) is 0 Å². The molecule has 50 heavy (non-hydrogen) atoms. The van der Waals surface area contributed by atoms with Crippen molar-refractivity contribution in [2.75, 3.05) is 28.4 Å². The van der Waals surface area contributed by atoms with Gasteiger partial charge in [-0.1, -0.05) is 115 Å². The predicted octanol–water partition coefficient (Wildman–Crippen LogP) is 10.0. The van der Waals surface area contributed by atoms with Crippen molar-refractivity contribution in [1.82, 2.24) is 0 Å². The van der Waals surface area contributed by atoms with E-state index in [9.17, 15) is 0 Å². The standard InChI is InChI=1S/C46H40O4/c1-47-43-24-28-45(49-3,29-25-43)41-20-12-35(13-21-41)37-6-5-7-38(32-37)36-14-22-42(23-15-36)46(50-4)30-26-44(48-2,27-31-46)40-18-10-34(11-19-40)33-8-16-39(43)17-9-33/h5-32H,1-4H3. The molecule has 12 aliphatic carbocycles. The molecular weight excluding hydrogens is 617 g/mol. The zero-order valence-electron chi connectivity index (χ0n) is 28.8. The van der Waals surface area contributed by atoms with Gasteiger partial charge in [-0.25, -0.2) is 0 Å². The van der Waals surface area contributed by atoms with Crippen molar-refractivity contribution in [3.63, 3.8) is 0 Å². The van der Waals surface area contributed by atoms with Gasteiger partial charge in [-0.3, -0.25) is 0 Å². The summed E-state index contributed by atoms with van der Waals surface area (Å²) in [5.74, 6) is 0. The first-order chi connectivity index (χ1) is 24.4. The lowest BCUT2D eigenvalue weighted by atomic mass is 9.80. The van der Waals surface area contributed by atoms with Crippen LogP contribution in [0.25, 0.3) is 33.4 Å². The molecule has 0 fully saturated rings. The molecule has 14 bridgehead atoms. The Morgan fingerprint density at radius 1 is 0.280 bits per heavy atom. The summed E-state index contributed by atoms with van der Waals surface area (Å²) in [6, 6.07) is 43.1. The van der Waals surface area contributed by atoms with E-state index in [1.54, 1.807) is 28.4 Å². The van der Waals surface area contributed by atoms with E-state index in [1.165, 1.54) is 0 Å². The molecule has 0 atom stereocenters. The molecule has 12 aliphatic rings. The summed E-state index contributed by atoms with van der Waals surface area (Å²) in [7, 11) is 6.99. The summed E-state index contributed by atoms with van der Waals surface area (Å²) in [4.78, 5) is 0. The Hall–Kier alpha value is -5.10. The maximum Gasteiger partial charge on any atom is 0.129 e. The van der Waals surface area contributed by atoms with Gasteiger partial charge in [0.2, 0.25) is 0 Å². The molecule has 0 spiro atoms. The first-order valence-electron chi connectivity index (χ1n) is 16.9. The zero-order chi connectivity index (χ0) is 34.4. The van der Waals surface area contributed by atoms with E-state index in [0.29, 0.717) is 0 Å². The van der Waals surface area contributed by atoms with E-state index in [1.807, 2.05) is 0 Å². The van der Waals surface area contributed by atoms with Crippen LogP contribution in [-0.2, 0) is 41.4 Å². The van der Waals surface area contributed by atoms with Gasteiger partial charge in [0.25, 0.3) is 0 Å². The third-order valence-corrected chi connectivity index (χ3v) is 10.9. The van der Waals surface area contributed by atoms with Gasteiger partial charge in [0.05, 0.1) is 0 Å². The van der Waals surface area contributed by atoms with Gasteiger partial charge >= 0.3 is 0 Å². The van der Waals surface area contributed by atoms with Gasteiger partial charge in [0.15, 0.2) is 0 Å². The molecule has 0 amide bonds. The third-order valence-electron chi connectivity index (χ3n) is 10.9. The summed E-state index contributed by atoms with van der Waals surface area (Å²) in [6.45, 7) is 0. The van der Waals surface area contributed by atoms with Crippen LogP contribution in [0.5, 0.6) is 0 Å². The average Bonchev–Trinajstić information content (AvgIpc) is 3.21. The molecular formula is C46H40O4. The predicted molar refractivity (Wildman–Crippen MR) is 200 cm³/mol. The average molecular weight is 657 g/mol. The second-order valence-corrected chi connectivity index (χ2v) is 13.2. The highest BCUT2D eigenvalue weighted by molar-refractivity contribution is 5.74. The minimum absolute atomic E-state index is 0.711. The molecule has 0 aliphatic heterocycles. The molecule has 0 radical (unpaired) electrons. The topological polar surface area (TPSA) is 36.9 Å². The Labute approximate surface area is 294 Å². The lowest BCUT2D eigenvalue weighted by Crippen LogP contribution is -2.33. The van der Waals surface area contributed by atoms with Crippen LogP contribution in [0.3, 0.4) is 0 Å². The summed E-state index contributed by atoms with van der Waals surface area (Å²) in [5, 5.41) is 0. The highest BCUT2D eigenvalue weighted by Crippen LogP contribution is 2.43. The minimum atomic E-state index is -0.714. The monoisotopic (exact) mass is 656 g/mol. The SMILES string of the molecule is COC12C=CC(OC)(C=C1)c1ccc(cc1)-c1cccc(c1)-c1ccc(cc1)C1(OC)C=CC(OC)(C=C1)c1ccc(cc1)-c1ccc2cc1. The lowest BCUT2D eigenvalue weighted by molar-refractivity contribution is 0.0421. The molecule has 4 heteroatoms. The molecule has 0 N–H and O–H groups in total. The Bertz CT molecular complexity index is 1950. The van der Waals surface area contributed by atoms with E-state index < -0.39 is 22.4 Å². The number of methoxy groups -OCH3 is 4. The Morgan fingerprint density at radius 2 is 0.500 bits per heavy atom. The smallest absolute Gasteiger partial charge is 0.129 e. The molecule has 0 unspecified atom stereocenters. The fourth-order valence-corrected chi connectivity index (χ4v) is 7.57. The van der Waals surface area contributed by atoms with Crippen LogP contribution < -0.4 is 0 Å². The van der Waals surface area contributed by atoms with Crippen LogP contribution >= 0.6 is 0 Å². The van der Waals surface area contributed by atoms with Gasteiger partial charge < -0.3 is 18.9 Å². The maximum absolute atomic E-state index is 6.17. The van der Waals surface area contributed by atoms with Crippen LogP contribution in [0.2, 0.25) is 0 Å². The van der Waals surface area contributed by atoms with Gasteiger partial charge in [0.1, 0.15) is 22.4 Å². The number of hydrogen-bond acceptors (Lipinski definition) is 4.